The normalized spacial score (nSPS) is 22.5. The highest BCUT2D eigenvalue weighted by Gasteiger charge is 2.50. The van der Waals surface area contributed by atoms with Gasteiger partial charge < -0.3 is 4.90 Å². The first kappa shape index (κ1) is 15.5. The molecule has 0 radical (unpaired) electrons. The van der Waals surface area contributed by atoms with Gasteiger partial charge in [-0.3, -0.25) is 10.1 Å². The maximum atomic E-state index is 12.2. The third kappa shape index (κ3) is 3.07. The van der Waals surface area contributed by atoms with Crippen LogP contribution in [0.3, 0.4) is 0 Å². The number of imide groups is 1. The van der Waals surface area contributed by atoms with Crippen LogP contribution in [-0.2, 0) is 20.2 Å². The second-order valence-corrected chi connectivity index (χ2v) is 7.59. The van der Waals surface area contributed by atoms with E-state index in [9.17, 15) is 18.0 Å². The first-order valence-corrected chi connectivity index (χ1v) is 8.67. The van der Waals surface area contributed by atoms with Crippen molar-refractivity contribution in [1.82, 2.24) is 10.2 Å². The summed E-state index contributed by atoms with van der Waals surface area (Å²) >= 11 is 0. The molecule has 1 aliphatic heterocycles. The Morgan fingerprint density at radius 2 is 1.81 bits per heavy atom. The lowest BCUT2D eigenvalue weighted by molar-refractivity contribution is -0.126. The van der Waals surface area contributed by atoms with Crippen LogP contribution in [0.5, 0.6) is 0 Å². The first-order valence-electron chi connectivity index (χ1n) is 6.61. The van der Waals surface area contributed by atoms with Crippen LogP contribution in [0.2, 0.25) is 0 Å². The van der Waals surface area contributed by atoms with E-state index >= 15 is 0 Å². The van der Waals surface area contributed by atoms with Gasteiger partial charge in [0.15, 0.2) is 0 Å². The van der Waals surface area contributed by atoms with E-state index in [0.29, 0.717) is 12.0 Å². The van der Waals surface area contributed by atoms with Crippen molar-refractivity contribution >= 4 is 21.8 Å². The minimum Gasteiger partial charge on any atom is -0.306 e. The van der Waals surface area contributed by atoms with Gasteiger partial charge in [0.25, 0.3) is 5.91 Å². The summed E-state index contributed by atoms with van der Waals surface area (Å²) in [6, 6.07) is 8.50. The summed E-state index contributed by atoms with van der Waals surface area (Å²) in [7, 11) is -3.09. The third-order valence-corrected chi connectivity index (χ3v) is 4.71. The van der Waals surface area contributed by atoms with E-state index in [-0.39, 0.29) is 12.3 Å². The predicted octanol–water partition coefficient (Wildman–Crippen LogP) is 0.888. The molecule has 1 aromatic carbocycles. The Morgan fingerprint density at radius 1 is 1.19 bits per heavy atom. The molecule has 1 unspecified atom stereocenters. The monoisotopic (exact) mass is 310 g/mol. The number of hydrogen-bond donors (Lipinski definition) is 1. The Morgan fingerprint density at radius 3 is 2.38 bits per heavy atom. The number of amides is 3. The molecule has 0 bridgehead atoms. The molecule has 1 heterocycles. The van der Waals surface area contributed by atoms with Crippen LogP contribution >= 0.6 is 0 Å². The van der Waals surface area contributed by atoms with E-state index < -0.39 is 27.3 Å². The zero-order chi connectivity index (χ0) is 15.7. The number of sulfone groups is 1. The van der Waals surface area contributed by atoms with Crippen molar-refractivity contribution in [3.8, 4) is 0 Å². The van der Waals surface area contributed by atoms with E-state index in [2.05, 4.69) is 5.32 Å². The highest BCUT2D eigenvalue weighted by atomic mass is 32.2. The molecule has 0 saturated carbocycles. The van der Waals surface area contributed by atoms with E-state index in [4.69, 9.17) is 0 Å². The average molecular weight is 310 g/mol. The fraction of sp³-hybridized carbons (Fsp3) is 0.429. The van der Waals surface area contributed by atoms with Crippen LogP contribution in [-0.4, -0.2) is 43.8 Å². The van der Waals surface area contributed by atoms with Crippen molar-refractivity contribution in [2.45, 2.75) is 18.9 Å². The van der Waals surface area contributed by atoms with E-state index in [1.54, 1.807) is 31.2 Å². The number of hydrogen-bond acceptors (Lipinski definition) is 4. The number of carbonyl (C=O) groups is 2. The standard InChI is InChI=1S/C14H18N2O4S/c1-14(11-7-4-3-5-8-11)12(17)15-13(18)16(14)9-6-10-21(2,19)20/h3-5,7-8H,6,9-10H2,1-2H3,(H,15,17,18). The number of nitrogens with zero attached hydrogens (tertiary/aromatic N) is 1. The molecule has 0 spiro atoms. The highest BCUT2D eigenvalue weighted by molar-refractivity contribution is 7.90. The molecule has 0 aromatic heterocycles. The molecular weight excluding hydrogens is 292 g/mol. The number of benzene rings is 1. The van der Waals surface area contributed by atoms with Crippen molar-refractivity contribution in [3.05, 3.63) is 35.9 Å². The first-order chi connectivity index (χ1) is 9.75. The number of urea groups is 1. The average Bonchev–Trinajstić information content (AvgIpc) is 2.63. The SMILES string of the molecule is CC1(c2ccccc2)C(=O)NC(=O)N1CCCS(C)(=O)=O. The van der Waals surface area contributed by atoms with Crippen LogP contribution in [0.1, 0.15) is 18.9 Å². The lowest BCUT2D eigenvalue weighted by atomic mass is 9.90. The second kappa shape index (κ2) is 5.48. The van der Waals surface area contributed by atoms with Crippen molar-refractivity contribution in [3.63, 3.8) is 0 Å². The molecule has 6 nitrogen and oxygen atoms in total. The molecule has 3 amide bonds. The molecule has 114 valence electrons. The molecule has 7 heteroatoms. The summed E-state index contributed by atoms with van der Waals surface area (Å²) in [6.07, 6.45) is 1.44. The smallest absolute Gasteiger partial charge is 0.306 e. The van der Waals surface area contributed by atoms with Gasteiger partial charge in [-0.25, -0.2) is 13.2 Å². The Labute approximate surface area is 124 Å². The second-order valence-electron chi connectivity index (χ2n) is 5.33. The van der Waals surface area contributed by atoms with Gasteiger partial charge in [0.05, 0.1) is 5.75 Å². The maximum Gasteiger partial charge on any atom is 0.325 e. The van der Waals surface area contributed by atoms with Crippen molar-refractivity contribution in [2.24, 2.45) is 0 Å². The topological polar surface area (TPSA) is 83.6 Å². The third-order valence-electron chi connectivity index (χ3n) is 3.68. The fourth-order valence-electron chi connectivity index (χ4n) is 2.47. The van der Waals surface area contributed by atoms with E-state index in [0.717, 1.165) is 6.26 Å². The van der Waals surface area contributed by atoms with Crippen molar-refractivity contribution in [2.75, 3.05) is 18.6 Å². The van der Waals surface area contributed by atoms with Gasteiger partial charge in [0.2, 0.25) is 0 Å². The number of nitrogens with one attached hydrogen (secondary N) is 1. The van der Waals surface area contributed by atoms with Crippen LogP contribution in [0.4, 0.5) is 4.79 Å². The summed E-state index contributed by atoms with van der Waals surface area (Å²) in [5, 5.41) is 2.30. The lowest BCUT2D eigenvalue weighted by Crippen LogP contribution is -2.45. The van der Waals surface area contributed by atoms with Gasteiger partial charge in [-0.1, -0.05) is 30.3 Å². The van der Waals surface area contributed by atoms with Gasteiger partial charge in [-0.2, -0.15) is 0 Å². The summed E-state index contributed by atoms with van der Waals surface area (Å²) < 4.78 is 22.4. The van der Waals surface area contributed by atoms with Gasteiger partial charge >= 0.3 is 6.03 Å². The quantitative estimate of drug-likeness (QED) is 0.819. The molecule has 1 N–H and O–H groups in total. The molecule has 1 aliphatic rings. The van der Waals surface area contributed by atoms with Crippen LogP contribution in [0.25, 0.3) is 0 Å². The summed E-state index contributed by atoms with van der Waals surface area (Å²) in [4.78, 5) is 25.6. The van der Waals surface area contributed by atoms with Crippen LogP contribution in [0, 0.1) is 0 Å². The predicted molar refractivity (Wildman–Crippen MR) is 78.4 cm³/mol. The zero-order valence-corrected chi connectivity index (χ0v) is 12.8. The summed E-state index contributed by atoms with van der Waals surface area (Å²) in [5.74, 6) is -0.409. The Balaban J connectivity index is 2.25. The molecular formula is C14H18N2O4S. The molecule has 0 aliphatic carbocycles. The Kier molecular flexibility index (Phi) is 4.04. The van der Waals surface area contributed by atoms with E-state index in [1.807, 2.05) is 6.07 Å². The largest absolute Gasteiger partial charge is 0.325 e. The lowest BCUT2D eigenvalue weighted by Gasteiger charge is -2.32. The molecule has 1 fully saturated rings. The molecule has 1 atom stereocenters. The van der Waals surface area contributed by atoms with Gasteiger partial charge in [-0.15, -0.1) is 0 Å². The fourth-order valence-corrected chi connectivity index (χ4v) is 3.13. The Bertz CT molecular complexity index is 657. The highest BCUT2D eigenvalue weighted by Crippen LogP contribution is 2.32. The molecule has 21 heavy (non-hydrogen) atoms. The zero-order valence-electron chi connectivity index (χ0n) is 12.0. The van der Waals surface area contributed by atoms with Crippen LogP contribution < -0.4 is 5.32 Å². The van der Waals surface area contributed by atoms with Gasteiger partial charge in [0, 0.05) is 12.8 Å². The molecule has 1 saturated heterocycles. The van der Waals surface area contributed by atoms with Crippen molar-refractivity contribution < 1.29 is 18.0 Å². The van der Waals surface area contributed by atoms with Gasteiger partial charge in [0.1, 0.15) is 15.4 Å². The minimum atomic E-state index is -3.09. The van der Waals surface area contributed by atoms with Crippen LogP contribution in [0.15, 0.2) is 30.3 Å². The van der Waals surface area contributed by atoms with Crippen molar-refractivity contribution in [1.29, 1.82) is 0 Å². The minimum absolute atomic E-state index is 0.0180. The number of rotatable bonds is 5. The molecule has 2 rings (SSSR count). The maximum absolute atomic E-state index is 12.2. The summed E-state index contributed by atoms with van der Waals surface area (Å²) in [6.45, 7) is 1.87. The van der Waals surface area contributed by atoms with E-state index in [1.165, 1.54) is 4.90 Å². The molecule has 1 aromatic rings. The number of carbonyl (C=O) groups excluding carboxylic acids is 2. The van der Waals surface area contributed by atoms with Gasteiger partial charge in [-0.05, 0) is 18.9 Å². The summed E-state index contributed by atoms with van der Waals surface area (Å²) in [5.41, 5.74) is -0.400. The Hall–Kier alpha value is -1.89.